The first kappa shape index (κ1) is 23.8. The Balaban J connectivity index is 1.38. The maximum Gasteiger partial charge on any atom is 0.407 e. The van der Waals surface area contributed by atoms with Gasteiger partial charge in [-0.2, -0.15) is 0 Å². The Morgan fingerprint density at radius 1 is 1.03 bits per heavy atom. The summed E-state index contributed by atoms with van der Waals surface area (Å²) in [5, 5.41) is 14.9. The van der Waals surface area contributed by atoms with Gasteiger partial charge in [0.2, 0.25) is 5.91 Å². The van der Waals surface area contributed by atoms with Crippen LogP contribution >= 0.6 is 0 Å². The van der Waals surface area contributed by atoms with Gasteiger partial charge in [-0.3, -0.25) is 4.79 Å². The summed E-state index contributed by atoms with van der Waals surface area (Å²) in [6, 6.07) is 15.8. The van der Waals surface area contributed by atoms with Crippen LogP contribution in [-0.4, -0.2) is 55.0 Å². The molecule has 0 heterocycles. The second-order valence-electron chi connectivity index (χ2n) is 9.17. The zero-order valence-corrected chi connectivity index (χ0v) is 19.4. The molecule has 1 saturated carbocycles. The van der Waals surface area contributed by atoms with E-state index < -0.39 is 35.5 Å². The second-order valence-corrected chi connectivity index (χ2v) is 9.17. The number of carbonyl (C=O) groups is 3. The molecule has 0 bridgehead atoms. The van der Waals surface area contributed by atoms with Crippen molar-refractivity contribution in [3.63, 3.8) is 0 Å². The lowest BCUT2D eigenvalue weighted by atomic mass is 9.98. The minimum atomic E-state index is -1.54. The molecular weight excluding hydrogens is 436 g/mol. The molecule has 2 aliphatic carbocycles. The molecular formula is C26H30N2O6. The van der Waals surface area contributed by atoms with Crippen molar-refractivity contribution in [2.24, 2.45) is 5.92 Å². The van der Waals surface area contributed by atoms with Gasteiger partial charge in [-0.15, -0.1) is 0 Å². The molecule has 0 saturated heterocycles. The summed E-state index contributed by atoms with van der Waals surface area (Å²) in [6.07, 6.45) is 1.35. The highest BCUT2D eigenvalue weighted by atomic mass is 16.5. The Bertz CT molecular complexity index is 1040. The maximum absolute atomic E-state index is 12.9. The molecule has 0 radical (unpaired) electrons. The molecule has 4 rings (SSSR count). The number of amides is 2. The van der Waals surface area contributed by atoms with Gasteiger partial charge in [0.15, 0.2) is 5.54 Å². The number of fused-ring (bicyclic) bond motifs is 3. The fourth-order valence-corrected chi connectivity index (χ4v) is 5.04. The van der Waals surface area contributed by atoms with Gasteiger partial charge in [0.05, 0.1) is 12.5 Å². The van der Waals surface area contributed by atoms with Crippen molar-refractivity contribution in [1.82, 2.24) is 10.6 Å². The van der Waals surface area contributed by atoms with Crippen LogP contribution in [0.25, 0.3) is 11.1 Å². The third kappa shape index (κ3) is 4.63. The molecule has 3 atom stereocenters. The molecule has 34 heavy (non-hydrogen) atoms. The summed E-state index contributed by atoms with van der Waals surface area (Å²) in [5.74, 6) is -2.17. The number of alkyl carbamates (subject to hydrolysis) is 1. The Kier molecular flexibility index (Phi) is 6.88. The number of ether oxygens (including phenoxy) is 2. The predicted octanol–water partition coefficient (Wildman–Crippen LogP) is 3.30. The van der Waals surface area contributed by atoms with E-state index >= 15 is 0 Å². The van der Waals surface area contributed by atoms with Crippen LogP contribution in [0.5, 0.6) is 0 Å². The number of hydrogen-bond donors (Lipinski definition) is 3. The average Bonchev–Trinajstić information content (AvgIpc) is 3.40. The average molecular weight is 467 g/mol. The van der Waals surface area contributed by atoms with Gasteiger partial charge in [-0.05, 0) is 42.0 Å². The van der Waals surface area contributed by atoms with Crippen LogP contribution in [0.3, 0.4) is 0 Å². The van der Waals surface area contributed by atoms with E-state index in [4.69, 9.17) is 9.47 Å². The SMILES string of the molecule is COCC(C)(NC(=O)C1CCCC1NC(=O)OCC1c2ccccc2-c2ccccc21)C(=O)O. The smallest absolute Gasteiger partial charge is 0.407 e. The van der Waals surface area contributed by atoms with E-state index in [0.29, 0.717) is 12.8 Å². The highest BCUT2D eigenvalue weighted by Gasteiger charge is 2.41. The van der Waals surface area contributed by atoms with Crippen LogP contribution in [0.1, 0.15) is 43.2 Å². The van der Waals surface area contributed by atoms with Crippen molar-refractivity contribution in [1.29, 1.82) is 0 Å². The summed E-state index contributed by atoms with van der Waals surface area (Å²) >= 11 is 0. The predicted molar refractivity (Wildman–Crippen MR) is 125 cm³/mol. The van der Waals surface area contributed by atoms with E-state index in [1.807, 2.05) is 24.3 Å². The maximum atomic E-state index is 12.9. The molecule has 0 aliphatic heterocycles. The summed E-state index contributed by atoms with van der Waals surface area (Å²) in [6.45, 7) is 1.43. The van der Waals surface area contributed by atoms with Gasteiger partial charge in [-0.25, -0.2) is 9.59 Å². The molecule has 180 valence electrons. The standard InChI is InChI=1S/C26H30N2O6/c1-26(15-33-2,24(30)31)28-23(29)20-12-7-13-22(20)27-25(32)34-14-21-18-10-5-3-8-16(18)17-9-4-6-11-19(17)21/h3-6,8-11,20-22H,7,12-15H2,1-2H3,(H,27,32)(H,28,29)(H,30,31). The second kappa shape index (κ2) is 9.85. The van der Waals surface area contributed by atoms with Gasteiger partial charge in [0.1, 0.15) is 6.61 Å². The Morgan fingerprint density at radius 3 is 2.24 bits per heavy atom. The van der Waals surface area contributed by atoms with E-state index in [9.17, 15) is 19.5 Å². The Hall–Kier alpha value is -3.39. The summed E-state index contributed by atoms with van der Waals surface area (Å²) in [4.78, 5) is 37.1. The molecule has 2 aromatic rings. The normalized spacial score (nSPS) is 20.6. The number of rotatable bonds is 8. The molecule has 3 unspecified atom stereocenters. The number of nitrogens with one attached hydrogen (secondary N) is 2. The summed E-state index contributed by atoms with van der Waals surface area (Å²) < 4.78 is 10.6. The molecule has 8 heteroatoms. The lowest BCUT2D eigenvalue weighted by Crippen LogP contribution is -2.58. The number of methoxy groups -OCH3 is 1. The molecule has 0 spiro atoms. The van der Waals surface area contributed by atoms with Crippen molar-refractivity contribution < 1.29 is 29.0 Å². The molecule has 2 aliphatic rings. The molecule has 0 aromatic heterocycles. The largest absolute Gasteiger partial charge is 0.479 e. The molecule has 1 fully saturated rings. The lowest BCUT2D eigenvalue weighted by Gasteiger charge is -2.28. The van der Waals surface area contributed by atoms with Crippen molar-refractivity contribution in [2.45, 2.75) is 43.7 Å². The van der Waals surface area contributed by atoms with Crippen molar-refractivity contribution in [2.75, 3.05) is 20.3 Å². The van der Waals surface area contributed by atoms with E-state index in [1.165, 1.54) is 14.0 Å². The molecule has 3 N–H and O–H groups in total. The molecule has 2 amide bonds. The zero-order valence-electron chi connectivity index (χ0n) is 19.4. The van der Waals surface area contributed by atoms with Crippen LogP contribution < -0.4 is 10.6 Å². The number of hydrogen-bond acceptors (Lipinski definition) is 5. The van der Waals surface area contributed by atoms with Crippen LogP contribution in [0.4, 0.5) is 4.79 Å². The Labute approximate surface area is 198 Å². The summed E-state index contributed by atoms with van der Waals surface area (Å²) in [7, 11) is 1.38. The first-order valence-electron chi connectivity index (χ1n) is 11.5. The number of aliphatic carboxylic acids is 1. The van der Waals surface area contributed by atoms with Crippen molar-refractivity contribution >= 4 is 18.0 Å². The van der Waals surface area contributed by atoms with Crippen molar-refractivity contribution in [3.8, 4) is 11.1 Å². The quantitative estimate of drug-likeness (QED) is 0.550. The van der Waals surface area contributed by atoms with Gasteiger partial charge < -0.3 is 25.2 Å². The van der Waals surface area contributed by atoms with Gasteiger partial charge in [-0.1, -0.05) is 55.0 Å². The number of carboxylic acid groups (broad SMARTS) is 1. The zero-order chi connectivity index (χ0) is 24.3. The van der Waals surface area contributed by atoms with Crippen molar-refractivity contribution in [3.05, 3.63) is 59.7 Å². The fraction of sp³-hybridized carbons (Fsp3) is 0.423. The number of carbonyl (C=O) groups excluding carboxylic acids is 2. The Morgan fingerprint density at radius 2 is 1.65 bits per heavy atom. The minimum Gasteiger partial charge on any atom is -0.479 e. The highest BCUT2D eigenvalue weighted by molar-refractivity contribution is 5.88. The number of benzene rings is 2. The number of carboxylic acids is 1. The molecule has 8 nitrogen and oxygen atoms in total. The van der Waals surface area contributed by atoms with Crippen LogP contribution in [0.2, 0.25) is 0 Å². The van der Waals surface area contributed by atoms with Gasteiger partial charge >= 0.3 is 12.1 Å². The van der Waals surface area contributed by atoms with Crippen LogP contribution in [0, 0.1) is 5.92 Å². The monoisotopic (exact) mass is 466 g/mol. The fourth-order valence-electron chi connectivity index (χ4n) is 5.04. The van der Waals surface area contributed by atoms with E-state index in [2.05, 4.69) is 34.9 Å². The highest BCUT2D eigenvalue weighted by Crippen LogP contribution is 2.44. The third-order valence-corrected chi connectivity index (χ3v) is 6.80. The topological polar surface area (TPSA) is 114 Å². The summed E-state index contributed by atoms with van der Waals surface area (Å²) in [5.41, 5.74) is 3.01. The molecule has 2 aromatic carbocycles. The third-order valence-electron chi connectivity index (χ3n) is 6.80. The van der Waals surface area contributed by atoms with E-state index in [0.717, 1.165) is 28.7 Å². The van der Waals surface area contributed by atoms with E-state index in [1.54, 1.807) is 0 Å². The van der Waals surface area contributed by atoms with E-state index in [-0.39, 0.29) is 19.1 Å². The van der Waals surface area contributed by atoms with Gasteiger partial charge in [0.25, 0.3) is 0 Å². The van der Waals surface area contributed by atoms with Gasteiger partial charge in [0, 0.05) is 19.1 Å². The minimum absolute atomic E-state index is 0.0499. The first-order valence-corrected chi connectivity index (χ1v) is 11.5. The van der Waals surface area contributed by atoms with Crippen LogP contribution in [0.15, 0.2) is 48.5 Å². The first-order chi connectivity index (χ1) is 16.3. The van der Waals surface area contributed by atoms with Crippen LogP contribution in [-0.2, 0) is 19.1 Å². The lowest BCUT2D eigenvalue weighted by molar-refractivity contribution is -0.150.